The number of morpholine rings is 1. The van der Waals surface area contributed by atoms with Gasteiger partial charge in [0.05, 0.1) is 12.7 Å². The zero-order valence-corrected chi connectivity index (χ0v) is 9.05. The van der Waals surface area contributed by atoms with Gasteiger partial charge in [0, 0.05) is 19.1 Å². The van der Waals surface area contributed by atoms with Crippen LogP contribution in [0.15, 0.2) is 0 Å². The molecule has 0 saturated carbocycles. The number of rotatable bonds is 0. The van der Waals surface area contributed by atoms with Crippen LogP contribution in [-0.2, 0) is 4.74 Å². The Morgan fingerprint density at radius 2 is 2.15 bits per heavy atom. The minimum absolute atomic E-state index is 0.447. The van der Waals surface area contributed by atoms with Gasteiger partial charge in [0.15, 0.2) is 0 Å². The second kappa shape index (κ2) is 5.58. The Morgan fingerprint density at radius 1 is 1.38 bits per heavy atom. The number of likely N-dealkylation sites (N-methyl/N-ethyl adjacent to an activating group) is 1. The van der Waals surface area contributed by atoms with Gasteiger partial charge in [-0.15, -0.1) is 0 Å². The summed E-state index contributed by atoms with van der Waals surface area (Å²) in [5.74, 6) is 0. The number of ether oxygens (including phenoxy) is 1. The number of piperidine rings is 1. The van der Waals surface area contributed by atoms with Crippen LogP contribution in [0.4, 0.5) is 0 Å². The quantitative estimate of drug-likeness (QED) is 0.603. The summed E-state index contributed by atoms with van der Waals surface area (Å²) in [7, 11) is 2.16. The standard InChI is InChI=1S/C8H16N2O.C2H6/c1-10-4-2-7-8(6-10)11-5-3-9-7;1-2/h7-9H,2-6H2,1H3;1-2H3. The van der Waals surface area contributed by atoms with Crippen molar-refractivity contribution >= 4 is 0 Å². The normalized spacial score (nSPS) is 34.4. The monoisotopic (exact) mass is 186 g/mol. The zero-order chi connectivity index (χ0) is 9.68. The molecular weight excluding hydrogens is 164 g/mol. The highest BCUT2D eigenvalue weighted by Crippen LogP contribution is 2.14. The summed E-state index contributed by atoms with van der Waals surface area (Å²) >= 11 is 0. The SMILES string of the molecule is CC.CN1CCC2NCCOC2C1. The molecule has 78 valence electrons. The fraction of sp³-hybridized carbons (Fsp3) is 1.00. The molecule has 0 aliphatic carbocycles. The van der Waals surface area contributed by atoms with Gasteiger partial charge in [0.1, 0.15) is 0 Å². The average Bonchev–Trinajstić information content (AvgIpc) is 2.21. The Balaban J connectivity index is 0.000000396. The number of nitrogens with one attached hydrogen (secondary N) is 1. The van der Waals surface area contributed by atoms with Gasteiger partial charge >= 0.3 is 0 Å². The molecular formula is C10H22N2O. The van der Waals surface area contributed by atoms with Gasteiger partial charge in [0.25, 0.3) is 0 Å². The van der Waals surface area contributed by atoms with Gasteiger partial charge in [-0.1, -0.05) is 13.8 Å². The minimum Gasteiger partial charge on any atom is -0.374 e. The molecule has 0 bridgehead atoms. The molecule has 2 aliphatic heterocycles. The Kier molecular flexibility index (Phi) is 4.70. The Hall–Kier alpha value is -0.120. The van der Waals surface area contributed by atoms with Crippen LogP contribution in [0.2, 0.25) is 0 Å². The van der Waals surface area contributed by atoms with E-state index in [1.165, 1.54) is 13.0 Å². The maximum atomic E-state index is 5.65. The molecule has 13 heavy (non-hydrogen) atoms. The Bertz CT molecular complexity index is 141. The molecule has 2 fully saturated rings. The van der Waals surface area contributed by atoms with Crippen LogP contribution < -0.4 is 5.32 Å². The molecule has 2 atom stereocenters. The Labute approximate surface area is 81.4 Å². The van der Waals surface area contributed by atoms with E-state index in [9.17, 15) is 0 Å². The van der Waals surface area contributed by atoms with Gasteiger partial charge < -0.3 is 15.0 Å². The van der Waals surface area contributed by atoms with E-state index in [0.29, 0.717) is 12.1 Å². The molecule has 2 saturated heterocycles. The topological polar surface area (TPSA) is 24.5 Å². The third kappa shape index (κ3) is 2.93. The van der Waals surface area contributed by atoms with Gasteiger partial charge in [-0.2, -0.15) is 0 Å². The fourth-order valence-electron chi connectivity index (χ4n) is 1.93. The van der Waals surface area contributed by atoms with Crippen LogP contribution in [0.3, 0.4) is 0 Å². The van der Waals surface area contributed by atoms with Crippen LogP contribution in [0.1, 0.15) is 20.3 Å². The summed E-state index contributed by atoms with van der Waals surface area (Å²) in [6.07, 6.45) is 1.68. The first-order valence-corrected chi connectivity index (χ1v) is 5.40. The van der Waals surface area contributed by atoms with Gasteiger partial charge in [-0.05, 0) is 20.0 Å². The van der Waals surface area contributed by atoms with Crippen molar-refractivity contribution < 1.29 is 4.74 Å². The molecule has 0 aromatic rings. The molecule has 2 aliphatic rings. The molecule has 2 unspecified atom stereocenters. The predicted octanol–water partition coefficient (Wildman–Crippen LogP) is 0.705. The number of likely N-dealkylation sites (tertiary alicyclic amines) is 1. The summed E-state index contributed by atoms with van der Waals surface area (Å²) in [5, 5.41) is 3.49. The van der Waals surface area contributed by atoms with Crippen molar-refractivity contribution in [2.24, 2.45) is 0 Å². The Morgan fingerprint density at radius 3 is 2.92 bits per heavy atom. The predicted molar refractivity (Wildman–Crippen MR) is 55.0 cm³/mol. The van der Waals surface area contributed by atoms with E-state index < -0.39 is 0 Å². The highest BCUT2D eigenvalue weighted by atomic mass is 16.5. The number of hydrogen-bond donors (Lipinski definition) is 1. The second-order valence-corrected chi connectivity index (χ2v) is 3.52. The molecule has 0 spiro atoms. The first-order valence-electron chi connectivity index (χ1n) is 5.40. The minimum atomic E-state index is 0.447. The molecule has 3 heteroatoms. The molecule has 1 N–H and O–H groups in total. The van der Waals surface area contributed by atoms with Crippen molar-refractivity contribution in [3.8, 4) is 0 Å². The van der Waals surface area contributed by atoms with E-state index in [1.807, 2.05) is 13.8 Å². The molecule has 0 aromatic carbocycles. The fourth-order valence-corrected chi connectivity index (χ4v) is 1.93. The number of fused-ring (bicyclic) bond motifs is 1. The third-order valence-electron chi connectivity index (χ3n) is 2.60. The van der Waals surface area contributed by atoms with E-state index in [-0.39, 0.29) is 0 Å². The van der Waals surface area contributed by atoms with Gasteiger partial charge in [-0.3, -0.25) is 0 Å². The summed E-state index contributed by atoms with van der Waals surface area (Å²) in [4.78, 5) is 2.34. The van der Waals surface area contributed by atoms with Crippen molar-refractivity contribution in [1.82, 2.24) is 10.2 Å². The molecule has 0 amide bonds. The second-order valence-electron chi connectivity index (χ2n) is 3.52. The van der Waals surface area contributed by atoms with Crippen LogP contribution in [0.25, 0.3) is 0 Å². The average molecular weight is 186 g/mol. The molecule has 2 rings (SSSR count). The summed E-state index contributed by atoms with van der Waals surface area (Å²) in [5.41, 5.74) is 0. The molecule has 3 nitrogen and oxygen atoms in total. The zero-order valence-electron chi connectivity index (χ0n) is 9.05. The van der Waals surface area contributed by atoms with Crippen molar-refractivity contribution in [2.45, 2.75) is 32.4 Å². The summed E-state index contributed by atoms with van der Waals surface area (Å²) in [6.45, 7) is 8.22. The summed E-state index contributed by atoms with van der Waals surface area (Å²) in [6, 6.07) is 0.625. The van der Waals surface area contributed by atoms with Crippen molar-refractivity contribution in [3.63, 3.8) is 0 Å². The van der Waals surface area contributed by atoms with Gasteiger partial charge in [0.2, 0.25) is 0 Å². The van der Waals surface area contributed by atoms with E-state index in [1.54, 1.807) is 0 Å². The third-order valence-corrected chi connectivity index (χ3v) is 2.60. The molecule has 0 aromatic heterocycles. The van der Waals surface area contributed by atoms with Crippen molar-refractivity contribution in [2.75, 3.05) is 33.3 Å². The van der Waals surface area contributed by atoms with Crippen LogP contribution in [-0.4, -0.2) is 50.3 Å². The molecule has 2 heterocycles. The highest BCUT2D eigenvalue weighted by Gasteiger charge is 2.30. The van der Waals surface area contributed by atoms with Crippen molar-refractivity contribution in [3.05, 3.63) is 0 Å². The lowest BCUT2D eigenvalue weighted by atomic mass is 10.0. The maximum absolute atomic E-state index is 5.65. The lowest BCUT2D eigenvalue weighted by Crippen LogP contribution is -2.56. The lowest BCUT2D eigenvalue weighted by Gasteiger charge is -2.40. The number of nitrogens with zero attached hydrogens (tertiary/aromatic N) is 1. The summed E-state index contributed by atoms with van der Waals surface area (Å²) < 4.78 is 5.65. The first kappa shape index (κ1) is 11.0. The number of hydrogen-bond acceptors (Lipinski definition) is 3. The van der Waals surface area contributed by atoms with E-state index in [2.05, 4.69) is 17.3 Å². The van der Waals surface area contributed by atoms with Gasteiger partial charge in [-0.25, -0.2) is 0 Å². The first-order chi connectivity index (χ1) is 6.36. The lowest BCUT2D eigenvalue weighted by molar-refractivity contribution is -0.0417. The smallest absolute Gasteiger partial charge is 0.0855 e. The molecule has 0 radical (unpaired) electrons. The van der Waals surface area contributed by atoms with E-state index >= 15 is 0 Å². The van der Waals surface area contributed by atoms with Crippen LogP contribution in [0.5, 0.6) is 0 Å². The van der Waals surface area contributed by atoms with E-state index in [0.717, 1.165) is 19.7 Å². The van der Waals surface area contributed by atoms with E-state index in [4.69, 9.17) is 4.74 Å². The largest absolute Gasteiger partial charge is 0.374 e. The van der Waals surface area contributed by atoms with Crippen LogP contribution >= 0.6 is 0 Å². The maximum Gasteiger partial charge on any atom is 0.0855 e. The highest BCUT2D eigenvalue weighted by molar-refractivity contribution is 4.87. The van der Waals surface area contributed by atoms with Crippen molar-refractivity contribution in [1.29, 1.82) is 0 Å². The van der Waals surface area contributed by atoms with Crippen LogP contribution in [0, 0.1) is 0 Å².